The van der Waals surface area contributed by atoms with Crippen molar-refractivity contribution in [2.75, 3.05) is 26.4 Å². The molecule has 0 atom stereocenters. The molecular weight excluding hydrogens is 609 g/mol. The van der Waals surface area contributed by atoms with Crippen LogP contribution in [0, 0.1) is 0 Å². The molecule has 46 heavy (non-hydrogen) atoms. The molecule has 0 saturated heterocycles. The summed E-state index contributed by atoms with van der Waals surface area (Å²) in [4.78, 5) is 4.41. The topological polar surface area (TPSA) is 36.9 Å². The van der Waals surface area contributed by atoms with E-state index >= 15 is 0 Å². The Kier molecular flexibility index (Phi) is 15.6. The van der Waals surface area contributed by atoms with Crippen LogP contribution in [0.15, 0.2) is 105 Å². The molecular formula is C40H50O4S2. The van der Waals surface area contributed by atoms with Gasteiger partial charge in [-0.25, -0.2) is 0 Å². The monoisotopic (exact) mass is 658 g/mol. The maximum absolute atomic E-state index is 6.57. The van der Waals surface area contributed by atoms with Gasteiger partial charge in [-0.05, 0) is 74.2 Å². The van der Waals surface area contributed by atoms with Crippen molar-refractivity contribution >= 4 is 23.5 Å². The Labute approximate surface area is 285 Å². The molecule has 0 spiro atoms. The number of hydrogen-bond donors (Lipinski definition) is 0. The Morgan fingerprint density at radius 3 is 1.07 bits per heavy atom. The third kappa shape index (κ3) is 10.9. The summed E-state index contributed by atoms with van der Waals surface area (Å²) < 4.78 is 26.1. The average Bonchev–Trinajstić information content (AvgIpc) is 3.08. The fraction of sp³-hybridized carbons (Fsp3) is 0.400. The minimum absolute atomic E-state index is 0.642. The highest BCUT2D eigenvalue weighted by molar-refractivity contribution is 7.99. The molecule has 0 radical (unpaired) electrons. The van der Waals surface area contributed by atoms with Gasteiger partial charge in [-0.15, -0.1) is 0 Å². The van der Waals surface area contributed by atoms with Crippen LogP contribution in [0.2, 0.25) is 0 Å². The van der Waals surface area contributed by atoms with Crippen molar-refractivity contribution in [3.8, 4) is 34.1 Å². The van der Waals surface area contributed by atoms with Crippen molar-refractivity contribution in [3.05, 3.63) is 84.9 Å². The maximum Gasteiger partial charge on any atom is 0.134 e. The first-order valence-electron chi connectivity index (χ1n) is 17.0. The summed E-state index contributed by atoms with van der Waals surface area (Å²) in [5.41, 5.74) is 1.92. The quantitative estimate of drug-likeness (QED) is 0.0829. The van der Waals surface area contributed by atoms with E-state index < -0.39 is 0 Å². The molecule has 0 unspecified atom stereocenters. The second kappa shape index (κ2) is 20.1. The van der Waals surface area contributed by atoms with Crippen LogP contribution in [0.4, 0.5) is 0 Å². The molecule has 0 saturated carbocycles. The van der Waals surface area contributed by atoms with E-state index in [1.165, 1.54) is 0 Å². The highest BCUT2D eigenvalue weighted by Gasteiger charge is 2.22. The van der Waals surface area contributed by atoms with E-state index in [4.69, 9.17) is 18.9 Å². The van der Waals surface area contributed by atoms with Crippen LogP contribution in [0.25, 0.3) is 11.1 Å². The van der Waals surface area contributed by atoms with Crippen LogP contribution in [0.3, 0.4) is 0 Å². The zero-order valence-corrected chi connectivity index (χ0v) is 29.7. The van der Waals surface area contributed by atoms with Crippen molar-refractivity contribution in [2.45, 2.75) is 98.6 Å². The second-order valence-electron chi connectivity index (χ2n) is 11.2. The van der Waals surface area contributed by atoms with E-state index in [1.807, 2.05) is 12.1 Å². The normalized spacial score (nSPS) is 11.0. The van der Waals surface area contributed by atoms with Gasteiger partial charge in [0.1, 0.15) is 23.0 Å². The molecule has 0 heterocycles. The summed E-state index contributed by atoms with van der Waals surface area (Å²) in [6.45, 7) is 11.4. The summed E-state index contributed by atoms with van der Waals surface area (Å²) >= 11 is 3.41. The first kappa shape index (κ1) is 35.6. The molecule has 6 heteroatoms. The van der Waals surface area contributed by atoms with Gasteiger partial charge in [0.05, 0.1) is 36.2 Å². The number of benzene rings is 4. The number of rotatable bonds is 21. The Hall–Kier alpha value is -3.22. The average molecular weight is 659 g/mol. The highest BCUT2D eigenvalue weighted by atomic mass is 32.2. The molecule has 4 aromatic carbocycles. The van der Waals surface area contributed by atoms with Crippen molar-refractivity contribution in [3.63, 3.8) is 0 Å². The van der Waals surface area contributed by atoms with E-state index in [0.29, 0.717) is 26.4 Å². The van der Waals surface area contributed by atoms with Gasteiger partial charge in [0.2, 0.25) is 0 Å². The molecule has 0 fully saturated rings. The first-order valence-corrected chi connectivity index (χ1v) is 18.6. The van der Waals surface area contributed by atoms with Gasteiger partial charge < -0.3 is 18.9 Å². The van der Waals surface area contributed by atoms with E-state index in [1.54, 1.807) is 23.5 Å². The largest absolute Gasteiger partial charge is 0.493 e. The molecule has 0 aliphatic rings. The van der Waals surface area contributed by atoms with Gasteiger partial charge in [-0.1, -0.05) is 113 Å². The lowest BCUT2D eigenvalue weighted by Crippen LogP contribution is -2.05. The van der Waals surface area contributed by atoms with Crippen LogP contribution in [-0.2, 0) is 0 Å². The smallest absolute Gasteiger partial charge is 0.134 e. The van der Waals surface area contributed by atoms with E-state index in [-0.39, 0.29) is 0 Å². The van der Waals surface area contributed by atoms with Gasteiger partial charge >= 0.3 is 0 Å². The Bertz CT molecular complexity index is 1330. The molecule has 4 rings (SSSR count). The molecule has 246 valence electrons. The van der Waals surface area contributed by atoms with Crippen LogP contribution >= 0.6 is 23.5 Å². The minimum Gasteiger partial charge on any atom is -0.493 e. The van der Waals surface area contributed by atoms with Gasteiger partial charge in [0, 0.05) is 20.9 Å². The van der Waals surface area contributed by atoms with Gasteiger partial charge in [0.15, 0.2) is 0 Å². The van der Waals surface area contributed by atoms with Gasteiger partial charge in [0.25, 0.3) is 0 Å². The lowest BCUT2D eigenvalue weighted by molar-refractivity contribution is 0.292. The predicted octanol–water partition coefficient (Wildman–Crippen LogP) is 12.4. The van der Waals surface area contributed by atoms with Crippen LogP contribution in [-0.4, -0.2) is 26.4 Å². The van der Waals surface area contributed by atoms with E-state index in [2.05, 4.69) is 100 Å². The fourth-order valence-corrected chi connectivity index (χ4v) is 6.53. The summed E-state index contributed by atoms with van der Waals surface area (Å²) in [7, 11) is 0. The zero-order chi connectivity index (χ0) is 32.4. The highest BCUT2D eigenvalue weighted by Crippen LogP contribution is 2.49. The van der Waals surface area contributed by atoms with Crippen molar-refractivity contribution in [1.29, 1.82) is 0 Å². The Morgan fingerprint density at radius 2 is 0.739 bits per heavy atom. The summed E-state index contributed by atoms with van der Waals surface area (Å²) in [5.74, 6) is 3.38. The maximum atomic E-state index is 6.57. The Morgan fingerprint density at radius 1 is 0.413 bits per heavy atom. The van der Waals surface area contributed by atoms with Crippen LogP contribution < -0.4 is 18.9 Å². The third-order valence-corrected chi connectivity index (χ3v) is 9.44. The number of unbranched alkanes of at least 4 members (excludes halogenated alkanes) is 4. The summed E-state index contributed by atoms with van der Waals surface area (Å²) in [6.07, 6.45) is 8.20. The van der Waals surface area contributed by atoms with Crippen LogP contribution in [0.1, 0.15) is 79.1 Å². The molecule has 0 amide bonds. The van der Waals surface area contributed by atoms with Crippen molar-refractivity contribution in [2.24, 2.45) is 0 Å². The molecule has 0 N–H and O–H groups in total. The molecule has 4 nitrogen and oxygen atoms in total. The molecule has 0 aromatic heterocycles. The minimum atomic E-state index is 0.642. The van der Waals surface area contributed by atoms with Crippen molar-refractivity contribution in [1.82, 2.24) is 0 Å². The predicted molar refractivity (Wildman–Crippen MR) is 195 cm³/mol. The van der Waals surface area contributed by atoms with Gasteiger partial charge in [-0.2, -0.15) is 0 Å². The SMILES string of the molecule is CCCCOc1cc(-c2cc(OCCCC)c(Sc3ccccc3)cc2OCCCC)c(OCCCC)cc1Sc1ccccc1. The standard InChI is InChI=1S/C40H50O4S2/c1-5-9-23-41-35-29-39(45-31-19-15-13-16-20-31)37(43-25-11-7-3)27-33(35)34-28-38(44-26-12-8-4)40(30-36(34)42-24-10-6-2)46-32-21-17-14-18-22-32/h13-22,27-30H,5-12,23-26H2,1-4H3. The van der Waals surface area contributed by atoms with Crippen LogP contribution in [0.5, 0.6) is 23.0 Å². The molecule has 0 aliphatic heterocycles. The molecule has 0 bridgehead atoms. The molecule has 4 aromatic rings. The van der Waals surface area contributed by atoms with E-state index in [9.17, 15) is 0 Å². The summed E-state index contributed by atoms with van der Waals surface area (Å²) in [5, 5.41) is 0. The second-order valence-corrected chi connectivity index (χ2v) is 13.5. The van der Waals surface area contributed by atoms with Crippen molar-refractivity contribution < 1.29 is 18.9 Å². The lowest BCUT2D eigenvalue weighted by Gasteiger charge is -2.21. The number of hydrogen-bond acceptors (Lipinski definition) is 6. The lowest BCUT2D eigenvalue weighted by atomic mass is 10.0. The summed E-state index contributed by atoms with van der Waals surface area (Å²) in [6, 6.07) is 29.5. The zero-order valence-electron chi connectivity index (χ0n) is 28.0. The van der Waals surface area contributed by atoms with E-state index in [0.717, 1.165) is 105 Å². The first-order chi connectivity index (χ1) is 22.7. The Balaban J connectivity index is 1.88. The fourth-order valence-electron chi connectivity index (χ4n) is 4.66. The third-order valence-electron chi connectivity index (χ3n) is 7.35. The molecule has 0 aliphatic carbocycles. The number of ether oxygens (including phenoxy) is 4. The van der Waals surface area contributed by atoms with Gasteiger partial charge in [-0.3, -0.25) is 0 Å².